The van der Waals surface area contributed by atoms with Crippen molar-refractivity contribution in [3.8, 4) is 11.5 Å². The van der Waals surface area contributed by atoms with Crippen molar-refractivity contribution in [2.45, 2.75) is 27.2 Å². The summed E-state index contributed by atoms with van der Waals surface area (Å²) in [6.07, 6.45) is 0.887. The molecule has 1 rings (SSSR count). The van der Waals surface area contributed by atoms with Crippen LogP contribution in [-0.4, -0.2) is 48.2 Å². The number of carbonyl (C=O) groups excluding carboxylic acids is 1. The second kappa shape index (κ2) is 8.92. The van der Waals surface area contributed by atoms with Crippen molar-refractivity contribution in [1.82, 2.24) is 4.90 Å². The van der Waals surface area contributed by atoms with Crippen LogP contribution < -0.4 is 9.47 Å². The summed E-state index contributed by atoms with van der Waals surface area (Å²) >= 11 is 0. The number of hydrogen-bond donors (Lipinski definition) is 1. The number of amides is 1. The first-order chi connectivity index (χ1) is 10.5. The van der Waals surface area contributed by atoms with Crippen LogP contribution in [0.25, 0.3) is 0 Å². The Hall–Kier alpha value is -2.24. The Bertz CT molecular complexity index is 515. The number of hydrogen-bond acceptors (Lipinski definition) is 4. The van der Waals surface area contributed by atoms with Gasteiger partial charge in [-0.3, -0.25) is 4.79 Å². The fraction of sp³-hybridized carbons (Fsp3) is 0.500. The second-order valence-electron chi connectivity index (χ2n) is 4.66. The molecule has 1 N–H and O–H groups in total. The molecule has 0 heterocycles. The van der Waals surface area contributed by atoms with Gasteiger partial charge in [0.25, 0.3) is 5.91 Å². The molecular weight excluding hydrogens is 286 g/mol. The number of rotatable bonds is 9. The molecule has 0 aliphatic rings. The van der Waals surface area contributed by atoms with E-state index in [1.807, 2.05) is 20.8 Å². The quantitative estimate of drug-likeness (QED) is 0.758. The lowest BCUT2D eigenvalue weighted by atomic mass is 10.1. The lowest BCUT2D eigenvalue weighted by Crippen LogP contribution is -2.31. The van der Waals surface area contributed by atoms with Crippen LogP contribution in [0.1, 0.15) is 37.6 Å². The molecular formula is C16H23NO5. The summed E-state index contributed by atoms with van der Waals surface area (Å²) in [6, 6.07) is 4.79. The van der Waals surface area contributed by atoms with Gasteiger partial charge in [-0.05, 0) is 38.5 Å². The van der Waals surface area contributed by atoms with Gasteiger partial charge in [0, 0.05) is 18.7 Å². The molecule has 6 heteroatoms. The molecule has 0 fully saturated rings. The molecule has 0 atom stereocenters. The largest absolute Gasteiger partial charge is 0.490 e. The molecule has 0 aliphatic carbocycles. The predicted octanol–water partition coefficient (Wildman–Crippen LogP) is 2.42. The smallest absolute Gasteiger partial charge is 0.341 e. The Morgan fingerprint density at radius 2 is 1.86 bits per heavy atom. The van der Waals surface area contributed by atoms with E-state index in [0.717, 1.165) is 6.42 Å². The second-order valence-corrected chi connectivity index (χ2v) is 4.66. The third-order valence-electron chi connectivity index (χ3n) is 3.00. The summed E-state index contributed by atoms with van der Waals surface area (Å²) in [7, 11) is 0. The highest BCUT2D eigenvalue weighted by Gasteiger charge is 2.16. The van der Waals surface area contributed by atoms with Crippen molar-refractivity contribution in [2.75, 3.05) is 26.3 Å². The van der Waals surface area contributed by atoms with E-state index < -0.39 is 12.6 Å². The van der Waals surface area contributed by atoms with Crippen molar-refractivity contribution in [1.29, 1.82) is 0 Å². The van der Waals surface area contributed by atoms with Crippen LogP contribution >= 0.6 is 0 Å². The average Bonchev–Trinajstić information content (AvgIpc) is 2.50. The number of carbonyl (C=O) groups is 2. The van der Waals surface area contributed by atoms with Crippen molar-refractivity contribution in [2.24, 2.45) is 0 Å². The van der Waals surface area contributed by atoms with Crippen LogP contribution in [0.15, 0.2) is 18.2 Å². The lowest BCUT2D eigenvalue weighted by Gasteiger charge is -2.21. The number of carboxylic acids is 1. The standard InChI is InChI=1S/C16H23NO5/c1-4-9-17(5-2)16(20)12-7-8-13(22-11-15(18)19)14(10-12)21-6-3/h7-8,10H,4-6,9,11H2,1-3H3,(H,18,19). The first kappa shape index (κ1) is 17.8. The molecule has 0 aliphatic heterocycles. The summed E-state index contributed by atoms with van der Waals surface area (Å²) in [6.45, 7) is 7.03. The van der Waals surface area contributed by atoms with Crippen LogP contribution in [0.2, 0.25) is 0 Å². The van der Waals surface area contributed by atoms with Crippen LogP contribution in [0.3, 0.4) is 0 Å². The van der Waals surface area contributed by atoms with Gasteiger partial charge < -0.3 is 19.5 Å². The monoisotopic (exact) mass is 309 g/mol. The SMILES string of the molecule is CCCN(CC)C(=O)c1ccc(OCC(=O)O)c(OCC)c1. The lowest BCUT2D eigenvalue weighted by molar-refractivity contribution is -0.139. The number of benzene rings is 1. The normalized spacial score (nSPS) is 10.1. The molecule has 22 heavy (non-hydrogen) atoms. The van der Waals surface area contributed by atoms with Gasteiger partial charge in [0.05, 0.1) is 6.61 Å². The fourth-order valence-electron chi connectivity index (χ4n) is 2.02. The predicted molar refractivity (Wildman–Crippen MR) is 82.6 cm³/mol. The van der Waals surface area contributed by atoms with Crippen molar-refractivity contribution < 1.29 is 24.2 Å². The van der Waals surface area contributed by atoms with E-state index in [1.165, 1.54) is 0 Å². The van der Waals surface area contributed by atoms with Gasteiger partial charge in [0.1, 0.15) is 0 Å². The van der Waals surface area contributed by atoms with Gasteiger partial charge in [-0.1, -0.05) is 6.92 Å². The topological polar surface area (TPSA) is 76.1 Å². The Balaban J connectivity index is 3.00. The Kier molecular flexibility index (Phi) is 7.22. The summed E-state index contributed by atoms with van der Waals surface area (Å²) in [5.74, 6) is -0.445. The summed E-state index contributed by atoms with van der Waals surface area (Å²) in [5.41, 5.74) is 0.501. The van der Waals surface area contributed by atoms with Gasteiger partial charge >= 0.3 is 5.97 Å². The van der Waals surface area contributed by atoms with E-state index in [-0.39, 0.29) is 5.91 Å². The Labute approximate surface area is 130 Å². The molecule has 0 saturated heterocycles. The van der Waals surface area contributed by atoms with Crippen LogP contribution in [0.4, 0.5) is 0 Å². The molecule has 1 aromatic rings. The first-order valence-electron chi connectivity index (χ1n) is 7.44. The third-order valence-corrected chi connectivity index (χ3v) is 3.00. The molecule has 0 bridgehead atoms. The van der Waals surface area contributed by atoms with Crippen molar-refractivity contribution in [3.05, 3.63) is 23.8 Å². The molecule has 6 nitrogen and oxygen atoms in total. The first-order valence-corrected chi connectivity index (χ1v) is 7.44. The minimum absolute atomic E-state index is 0.0740. The highest BCUT2D eigenvalue weighted by atomic mass is 16.5. The van der Waals surface area contributed by atoms with Gasteiger partial charge in [0.2, 0.25) is 0 Å². The van der Waals surface area contributed by atoms with Crippen LogP contribution in [0.5, 0.6) is 11.5 Å². The molecule has 0 aromatic heterocycles. The van der Waals surface area contributed by atoms with Gasteiger partial charge in [0.15, 0.2) is 18.1 Å². The molecule has 1 amide bonds. The molecule has 1 aromatic carbocycles. The number of nitrogens with zero attached hydrogens (tertiary/aromatic N) is 1. The minimum Gasteiger partial charge on any atom is -0.490 e. The Morgan fingerprint density at radius 3 is 2.41 bits per heavy atom. The van der Waals surface area contributed by atoms with Crippen LogP contribution in [-0.2, 0) is 4.79 Å². The van der Waals surface area contributed by atoms with Gasteiger partial charge in [-0.2, -0.15) is 0 Å². The highest BCUT2D eigenvalue weighted by Crippen LogP contribution is 2.29. The van der Waals surface area contributed by atoms with Gasteiger partial charge in [-0.25, -0.2) is 4.79 Å². The van der Waals surface area contributed by atoms with Crippen molar-refractivity contribution in [3.63, 3.8) is 0 Å². The van der Waals surface area contributed by atoms with E-state index >= 15 is 0 Å². The van der Waals surface area contributed by atoms with Crippen molar-refractivity contribution >= 4 is 11.9 Å². The average molecular weight is 309 g/mol. The molecule has 0 spiro atoms. The van der Waals surface area contributed by atoms with E-state index in [9.17, 15) is 9.59 Å². The molecule has 0 saturated carbocycles. The Morgan fingerprint density at radius 1 is 1.14 bits per heavy atom. The third kappa shape index (κ3) is 4.95. The maximum atomic E-state index is 12.4. The number of ether oxygens (including phenoxy) is 2. The summed E-state index contributed by atoms with van der Waals surface area (Å²) < 4.78 is 10.6. The molecule has 122 valence electrons. The zero-order chi connectivity index (χ0) is 16.5. The van der Waals surface area contributed by atoms with Crippen LogP contribution in [0, 0.1) is 0 Å². The molecule has 0 radical (unpaired) electrons. The minimum atomic E-state index is -1.07. The van der Waals surface area contributed by atoms with Gasteiger partial charge in [-0.15, -0.1) is 0 Å². The zero-order valence-electron chi connectivity index (χ0n) is 13.3. The maximum Gasteiger partial charge on any atom is 0.341 e. The maximum absolute atomic E-state index is 12.4. The fourth-order valence-corrected chi connectivity index (χ4v) is 2.02. The number of carboxylic acid groups (broad SMARTS) is 1. The van der Waals surface area contributed by atoms with E-state index in [2.05, 4.69) is 0 Å². The summed E-state index contributed by atoms with van der Waals surface area (Å²) in [5, 5.41) is 8.68. The molecule has 0 unspecified atom stereocenters. The zero-order valence-corrected chi connectivity index (χ0v) is 13.3. The highest BCUT2D eigenvalue weighted by molar-refractivity contribution is 5.95. The number of aliphatic carboxylic acids is 1. The summed E-state index contributed by atoms with van der Waals surface area (Å²) in [4.78, 5) is 24.8. The van der Waals surface area contributed by atoms with E-state index in [4.69, 9.17) is 14.6 Å². The van der Waals surface area contributed by atoms with E-state index in [0.29, 0.717) is 36.8 Å². The van der Waals surface area contributed by atoms with E-state index in [1.54, 1.807) is 23.1 Å².